The molecule has 33 heavy (non-hydrogen) atoms. The van der Waals surface area contributed by atoms with E-state index in [2.05, 4.69) is 0 Å². The van der Waals surface area contributed by atoms with Crippen LogP contribution in [0.5, 0.6) is 34.5 Å². The summed E-state index contributed by atoms with van der Waals surface area (Å²) in [5, 5.41) is 20.6. The van der Waals surface area contributed by atoms with Crippen LogP contribution < -0.4 is 23.1 Å². The Balaban J connectivity index is 2.34. The summed E-state index contributed by atoms with van der Waals surface area (Å²) in [6.45, 7) is 0. The monoisotopic (exact) mass is 501 g/mol. The number of phenolic OH excluding ortho intramolecular Hbond substituents is 2. The molecule has 0 saturated heterocycles. The van der Waals surface area contributed by atoms with Gasteiger partial charge in [-0.1, -0.05) is 0 Å². The van der Waals surface area contributed by atoms with Gasteiger partial charge in [0, 0.05) is 35.1 Å². The Labute approximate surface area is 191 Å². The molecule has 2 aromatic carbocycles. The molecule has 180 valence electrons. The van der Waals surface area contributed by atoms with Crippen LogP contribution in [-0.4, -0.2) is 55.5 Å². The summed E-state index contributed by atoms with van der Waals surface area (Å²) in [5.74, 6) is 0.0737. The van der Waals surface area contributed by atoms with E-state index in [4.69, 9.17) is 18.9 Å². The Bertz CT molecular complexity index is 1130. The molecule has 0 aliphatic heterocycles. The fourth-order valence-corrected chi connectivity index (χ4v) is 5.08. The lowest BCUT2D eigenvalue weighted by Gasteiger charge is -2.11. The first kappa shape index (κ1) is 25.8. The molecule has 0 radical (unpaired) electrons. The molecule has 0 aliphatic rings. The molecule has 3 N–H and O–H groups in total. The number of nitrogens with one attached hydrogen (secondary N) is 1. The van der Waals surface area contributed by atoms with Gasteiger partial charge in [-0.15, -0.1) is 4.13 Å². The van der Waals surface area contributed by atoms with Gasteiger partial charge in [0.25, 0.3) is 0 Å². The smallest absolute Gasteiger partial charge is 0.246 e. The fraction of sp³-hybridized carbons (Fsp3) is 0.200. The van der Waals surface area contributed by atoms with Crippen molar-refractivity contribution in [2.45, 2.75) is 0 Å². The quantitative estimate of drug-likeness (QED) is 0.440. The Morgan fingerprint density at radius 2 is 0.909 bits per heavy atom. The van der Waals surface area contributed by atoms with E-state index in [1.807, 2.05) is 0 Å². The number of ether oxygens (including phenoxy) is 4. The molecule has 0 bridgehead atoms. The summed E-state index contributed by atoms with van der Waals surface area (Å²) >= 11 is 0. The van der Waals surface area contributed by atoms with Crippen LogP contribution in [0.2, 0.25) is 0 Å². The maximum Gasteiger partial charge on any atom is 0.246 e. The molecule has 0 fully saturated rings. The molecular formula is C20H23NO10S2. The third-order valence-electron chi connectivity index (χ3n) is 4.12. The molecule has 0 aromatic heterocycles. The minimum Gasteiger partial charge on any atom is -0.508 e. The number of benzene rings is 2. The number of sulfonamides is 2. The lowest BCUT2D eigenvalue weighted by molar-refractivity contribution is 0.383. The van der Waals surface area contributed by atoms with Gasteiger partial charge in [-0.05, 0) is 12.2 Å². The molecule has 0 saturated carbocycles. The molecule has 0 spiro atoms. The van der Waals surface area contributed by atoms with E-state index in [-0.39, 0.29) is 45.6 Å². The van der Waals surface area contributed by atoms with Crippen molar-refractivity contribution in [2.75, 3.05) is 28.4 Å². The zero-order chi connectivity index (χ0) is 24.8. The van der Waals surface area contributed by atoms with Crippen LogP contribution >= 0.6 is 0 Å². The minimum absolute atomic E-state index is 0.104. The fourth-order valence-electron chi connectivity index (χ4n) is 2.71. The van der Waals surface area contributed by atoms with E-state index < -0.39 is 20.0 Å². The third kappa shape index (κ3) is 6.78. The van der Waals surface area contributed by atoms with Crippen molar-refractivity contribution < 1.29 is 46.0 Å². The maximum absolute atomic E-state index is 12.4. The summed E-state index contributed by atoms with van der Waals surface area (Å²) in [6.07, 6.45) is 2.12. The second kappa shape index (κ2) is 10.5. The lowest BCUT2D eigenvalue weighted by Crippen LogP contribution is -2.27. The van der Waals surface area contributed by atoms with Crippen molar-refractivity contribution in [1.82, 2.24) is 4.13 Å². The zero-order valence-electron chi connectivity index (χ0n) is 18.1. The molecule has 0 unspecified atom stereocenters. The second-order valence-corrected chi connectivity index (χ2v) is 9.70. The molecule has 0 atom stereocenters. The number of hydrogen-bond donors (Lipinski definition) is 3. The number of phenols is 2. The summed E-state index contributed by atoms with van der Waals surface area (Å²) in [7, 11) is -3.75. The average molecular weight is 502 g/mol. The van der Waals surface area contributed by atoms with Crippen LogP contribution in [0, 0.1) is 0 Å². The highest BCUT2D eigenvalue weighted by Crippen LogP contribution is 2.35. The van der Waals surface area contributed by atoms with Gasteiger partial charge in [-0.3, -0.25) is 0 Å². The van der Waals surface area contributed by atoms with Crippen LogP contribution in [-0.2, 0) is 20.0 Å². The van der Waals surface area contributed by atoms with Crippen molar-refractivity contribution >= 4 is 32.2 Å². The highest BCUT2D eigenvalue weighted by molar-refractivity contribution is 8.07. The topological polar surface area (TPSA) is 158 Å². The van der Waals surface area contributed by atoms with Crippen LogP contribution in [0.15, 0.2) is 35.1 Å². The first-order valence-electron chi connectivity index (χ1n) is 9.00. The van der Waals surface area contributed by atoms with Crippen LogP contribution in [0.25, 0.3) is 12.2 Å². The summed E-state index contributed by atoms with van der Waals surface area (Å²) < 4.78 is 71.4. The average Bonchev–Trinajstić information content (AvgIpc) is 2.75. The summed E-state index contributed by atoms with van der Waals surface area (Å²) in [5.41, 5.74) is 0.323. The van der Waals surface area contributed by atoms with Gasteiger partial charge in [0.15, 0.2) is 0 Å². The van der Waals surface area contributed by atoms with E-state index in [1.54, 1.807) is 4.13 Å². The van der Waals surface area contributed by atoms with Crippen LogP contribution in [0.1, 0.15) is 11.1 Å². The highest BCUT2D eigenvalue weighted by Gasteiger charge is 2.18. The van der Waals surface area contributed by atoms with Crippen molar-refractivity contribution in [2.24, 2.45) is 0 Å². The molecule has 0 amide bonds. The maximum atomic E-state index is 12.4. The van der Waals surface area contributed by atoms with E-state index in [0.717, 1.165) is 12.2 Å². The van der Waals surface area contributed by atoms with Crippen molar-refractivity contribution in [1.29, 1.82) is 0 Å². The van der Waals surface area contributed by atoms with E-state index >= 15 is 0 Å². The number of rotatable bonds is 10. The zero-order valence-corrected chi connectivity index (χ0v) is 19.7. The summed E-state index contributed by atoms with van der Waals surface area (Å²) in [6, 6.07) is 4.95. The highest BCUT2D eigenvalue weighted by atomic mass is 32.3. The van der Waals surface area contributed by atoms with Crippen molar-refractivity contribution in [3.05, 3.63) is 46.2 Å². The first-order chi connectivity index (χ1) is 15.4. The number of hydrogen-bond acceptors (Lipinski definition) is 10. The van der Waals surface area contributed by atoms with Crippen LogP contribution in [0.4, 0.5) is 0 Å². The molecule has 13 heteroatoms. The van der Waals surface area contributed by atoms with Crippen molar-refractivity contribution in [3.8, 4) is 34.5 Å². The summed E-state index contributed by atoms with van der Waals surface area (Å²) in [4.78, 5) is 0. The van der Waals surface area contributed by atoms with Gasteiger partial charge in [0.05, 0.1) is 39.6 Å². The van der Waals surface area contributed by atoms with Crippen LogP contribution in [0.3, 0.4) is 0 Å². The van der Waals surface area contributed by atoms with Gasteiger partial charge >= 0.3 is 0 Å². The third-order valence-corrected chi connectivity index (χ3v) is 6.96. The number of methoxy groups -OCH3 is 4. The second-order valence-electron chi connectivity index (χ2n) is 6.31. The largest absolute Gasteiger partial charge is 0.508 e. The Kier molecular flexibility index (Phi) is 8.19. The Hall–Kier alpha value is -3.42. The number of aromatic hydroxyl groups is 2. The molecular weight excluding hydrogens is 478 g/mol. The van der Waals surface area contributed by atoms with Crippen molar-refractivity contribution in [3.63, 3.8) is 0 Å². The van der Waals surface area contributed by atoms with Gasteiger partial charge in [0.2, 0.25) is 20.0 Å². The standard InChI is InChI=1S/C20H23NO10S2/c1-28-17-9-13(22)10-18(29-2)15(17)5-7-32(24,25)21-33(26,27)8-6-16-19(30-3)11-14(23)12-20(16)31-4/h5-12,21-23H,1-4H3. The van der Waals surface area contributed by atoms with Gasteiger partial charge in [0.1, 0.15) is 34.5 Å². The Morgan fingerprint density at radius 1 is 0.636 bits per heavy atom. The normalized spacial score (nSPS) is 12.2. The van der Waals surface area contributed by atoms with Gasteiger partial charge in [-0.25, -0.2) is 16.8 Å². The molecule has 0 aliphatic carbocycles. The predicted octanol–water partition coefficient (Wildman–Crippen LogP) is 2.02. The molecule has 0 heterocycles. The van der Waals surface area contributed by atoms with E-state index in [0.29, 0.717) is 10.8 Å². The Morgan fingerprint density at radius 3 is 1.15 bits per heavy atom. The lowest BCUT2D eigenvalue weighted by atomic mass is 10.1. The SMILES string of the molecule is COc1cc(O)cc(OC)c1C=CS(=O)(=O)NS(=O)(=O)C=Cc1c(OC)cc(O)cc1OC. The van der Waals surface area contributed by atoms with Gasteiger partial charge < -0.3 is 29.2 Å². The minimum atomic E-state index is -4.49. The van der Waals surface area contributed by atoms with E-state index in [9.17, 15) is 27.0 Å². The molecule has 11 nitrogen and oxygen atoms in total. The molecule has 2 aromatic rings. The molecule has 2 rings (SSSR count). The van der Waals surface area contributed by atoms with E-state index in [1.165, 1.54) is 52.7 Å². The van der Waals surface area contributed by atoms with Gasteiger partial charge in [-0.2, -0.15) is 0 Å². The first-order valence-corrected chi connectivity index (χ1v) is 12.1. The predicted molar refractivity (Wildman–Crippen MR) is 121 cm³/mol.